The first kappa shape index (κ1) is 14.0. The largest absolute Gasteiger partial charge is 0.486 e. The summed E-state index contributed by atoms with van der Waals surface area (Å²) in [4.78, 5) is 0. The maximum atomic E-state index is 6.63. The van der Waals surface area contributed by atoms with Gasteiger partial charge in [0.25, 0.3) is 0 Å². The van der Waals surface area contributed by atoms with Gasteiger partial charge in [-0.15, -0.1) is 0 Å². The molecule has 110 valence electrons. The third-order valence-corrected chi connectivity index (χ3v) is 5.04. The Morgan fingerprint density at radius 1 is 1.30 bits per heavy atom. The maximum Gasteiger partial charge on any atom is 0.180 e. The summed E-state index contributed by atoms with van der Waals surface area (Å²) in [6.45, 7) is 6.15. The average molecular weight is 296 g/mol. The highest BCUT2D eigenvalue weighted by molar-refractivity contribution is 6.33. The Bertz CT molecular complexity index is 518. The summed E-state index contributed by atoms with van der Waals surface area (Å²) < 4.78 is 11.4. The lowest BCUT2D eigenvalue weighted by Crippen LogP contribution is -2.42. The van der Waals surface area contributed by atoms with E-state index in [1.165, 1.54) is 17.5 Å². The van der Waals surface area contributed by atoms with Crippen molar-refractivity contribution < 1.29 is 9.47 Å². The molecule has 1 aromatic carbocycles. The molecule has 0 bridgehead atoms. The van der Waals surface area contributed by atoms with Crippen LogP contribution in [0.15, 0.2) is 6.07 Å². The van der Waals surface area contributed by atoms with Crippen LogP contribution < -0.4 is 15.2 Å². The highest BCUT2D eigenvalue weighted by Gasteiger charge is 2.41. The van der Waals surface area contributed by atoms with Crippen molar-refractivity contribution in [2.24, 2.45) is 5.73 Å². The summed E-state index contributed by atoms with van der Waals surface area (Å²) in [5.74, 6) is 1.83. The minimum absolute atomic E-state index is 0.0824. The molecule has 1 aromatic rings. The van der Waals surface area contributed by atoms with E-state index in [1.54, 1.807) is 0 Å². The summed E-state index contributed by atoms with van der Waals surface area (Å²) in [5.41, 5.74) is 8.62. The molecule has 1 saturated carbocycles. The molecule has 3 rings (SSSR count). The number of hydrogen-bond donors (Lipinski definition) is 1. The summed E-state index contributed by atoms with van der Waals surface area (Å²) in [7, 11) is 0. The van der Waals surface area contributed by atoms with Gasteiger partial charge in [0, 0.05) is 12.0 Å². The van der Waals surface area contributed by atoms with Crippen LogP contribution in [0, 0.1) is 0 Å². The van der Waals surface area contributed by atoms with Gasteiger partial charge < -0.3 is 15.2 Å². The minimum Gasteiger partial charge on any atom is -0.486 e. The van der Waals surface area contributed by atoms with Crippen molar-refractivity contribution in [3.05, 3.63) is 22.2 Å². The van der Waals surface area contributed by atoms with Gasteiger partial charge in [0.15, 0.2) is 11.5 Å². The first-order valence-electron chi connectivity index (χ1n) is 7.41. The zero-order chi connectivity index (χ0) is 14.3. The lowest BCUT2D eigenvalue weighted by Gasteiger charge is -2.44. The van der Waals surface area contributed by atoms with Crippen LogP contribution in [-0.2, 0) is 5.41 Å². The molecule has 0 radical (unpaired) electrons. The van der Waals surface area contributed by atoms with Crippen LogP contribution in [0.4, 0.5) is 0 Å². The highest BCUT2D eigenvalue weighted by Crippen LogP contribution is 2.52. The Hall–Kier alpha value is -0.930. The van der Waals surface area contributed by atoms with Gasteiger partial charge in [-0.25, -0.2) is 0 Å². The molecule has 4 heteroatoms. The Morgan fingerprint density at radius 2 is 2.00 bits per heavy atom. The molecule has 0 unspecified atom stereocenters. The number of fused-ring (bicyclic) bond motifs is 1. The summed E-state index contributed by atoms with van der Waals surface area (Å²) in [6, 6.07) is 2.13. The molecular weight excluding hydrogens is 274 g/mol. The molecule has 3 nitrogen and oxygen atoms in total. The fourth-order valence-corrected chi connectivity index (χ4v) is 3.82. The van der Waals surface area contributed by atoms with Gasteiger partial charge in [-0.1, -0.05) is 31.9 Å². The van der Waals surface area contributed by atoms with Crippen LogP contribution in [0.3, 0.4) is 0 Å². The molecule has 0 aromatic heterocycles. The van der Waals surface area contributed by atoms with Crippen molar-refractivity contribution in [1.82, 2.24) is 0 Å². The molecule has 1 heterocycles. The van der Waals surface area contributed by atoms with Gasteiger partial charge in [0.05, 0.1) is 5.02 Å². The SMILES string of the molecule is CC(C)c1c(C2(CN)CCC2)cc2c(c1Cl)OCCO2. The van der Waals surface area contributed by atoms with Gasteiger partial charge in [0.1, 0.15) is 13.2 Å². The summed E-state index contributed by atoms with van der Waals surface area (Å²) >= 11 is 6.63. The van der Waals surface area contributed by atoms with Crippen LogP contribution in [0.1, 0.15) is 50.2 Å². The Labute approximate surface area is 125 Å². The molecule has 20 heavy (non-hydrogen) atoms. The maximum absolute atomic E-state index is 6.63. The number of hydrogen-bond acceptors (Lipinski definition) is 3. The molecule has 0 saturated heterocycles. The van der Waals surface area contributed by atoms with E-state index in [9.17, 15) is 0 Å². The molecular formula is C16H22ClNO2. The molecule has 1 aliphatic carbocycles. The Balaban J connectivity index is 2.19. The van der Waals surface area contributed by atoms with Crippen LogP contribution >= 0.6 is 11.6 Å². The van der Waals surface area contributed by atoms with Crippen LogP contribution in [-0.4, -0.2) is 19.8 Å². The van der Waals surface area contributed by atoms with Gasteiger partial charge in [-0.2, -0.15) is 0 Å². The lowest BCUT2D eigenvalue weighted by atomic mass is 9.62. The van der Waals surface area contributed by atoms with Crippen molar-refractivity contribution in [3.63, 3.8) is 0 Å². The quantitative estimate of drug-likeness (QED) is 0.926. The van der Waals surface area contributed by atoms with Crippen molar-refractivity contribution >= 4 is 11.6 Å². The predicted molar refractivity (Wildman–Crippen MR) is 81.1 cm³/mol. The molecule has 1 aliphatic heterocycles. The van der Waals surface area contributed by atoms with E-state index in [4.69, 9.17) is 26.8 Å². The Kier molecular flexibility index (Phi) is 3.59. The van der Waals surface area contributed by atoms with Gasteiger partial charge in [-0.05, 0) is 36.0 Å². The molecule has 2 N–H and O–H groups in total. The molecule has 0 atom stereocenters. The van der Waals surface area contributed by atoms with Crippen molar-refractivity contribution in [1.29, 1.82) is 0 Å². The number of nitrogens with two attached hydrogens (primary N) is 1. The van der Waals surface area contributed by atoms with E-state index in [0.29, 0.717) is 36.4 Å². The van der Waals surface area contributed by atoms with E-state index >= 15 is 0 Å². The van der Waals surface area contributed by atoms with Crippen molar-refractivity contribution in [3.8, 4) is 11.5 Å². The lowest BCUT2D eigenvalue weighted by molar-refractivity contribution is 0.169. The zero-order valence-corrected chi connectivity index (χ0v) is 12.9. The number of rotatable bonds is 3. The van der Waals surface area contributed by atoms with Crippen molar-refractivity contribution in [2.45, 2.75) is 44.4 Å². The predicted octanol–water partition coefficient (Wildman–Crippen LogP) is 3.62. The second kappa shape index (κ2) is 5.12. The molecule has 0 amide bonds. The third-order valence-electron chi connectivity index (χ3n) is 4.66. The van der Waals surface area contributed by atoms with E-state index in [0.717, 1.165) is 18.6 Å². The van der Waals surface area contributed by atoms with Gasteiger partial charge >= 0.3 is 0 Å². The van der Waals surface area contributed by atoms with Crippen LogP contribution in [0.5, 0.6) is 11.5 Å². The second-order valence-electron chi connectivity index (χ2n) is 6.17. The second-order valence-corrected chi connectivity index (χ2v) is 6.55. The fraction of sp³-hybridized carbons (Fsp3) is 0.625. The van der Waals surface area contributed by atoms with Crippen LogP contribution in [0.25, 0.3) is 0 Å². The first-order valence-corrected chi connectivity index (χ1v) is 7.79. The van der Waals surface area contributed by atoms with E-state index in [1.807, 2.05) is 0 Å². The summed E-state index contributed by atoms with van der Waals surface area (Å²) in [5, 5.41) is 0.715. The topological polar surface area (TPSA) is 44.5 Å². The standard InChI is InChI=1S/C16H22ClNO2/c1-10(2)13-11(16(9-18)4-3-5-16)8-12-15(14(13)17)20-7-6-19-12/h8,10H,3-7,9,18H2,1-2H3. The number of halogens is 1. The molecule has 2 aliphatic rings. The monoisotopic (exact) mass is 295 g/mol. The molecule has 1 fully saturated rings. The van der Waals surface area contributed by atoms with Crippen LogP contribution in [0.2, 0.25) is 5.02 Å². The normalized spacial score (nSPS) is 19.9. The van der Waals surface area contributed by atoms with Crippen molar-refractivity contribution in [2.75, 3.05) is 19.8 Å². The molecule has 0 spiro atoms. The number of benzene rings is 1. The van der Waals surface area contributed by atoms with Gasteiger partial charge in [-0.3, -0.25) is 0 Å². The zero-order valence-electron chi connectivity index (χ0n) is 12.2. The smallest absolute Gasteiger partial charge is 0.180 e. The highest BCUT2D eigenvalue weighted by atomic mass is 35.5. The Morgan fingerprint density at radius 3 is 2.55 bits per heavy atom. The third kappa shape index (κ3) is 1.99. The minimum atomic E-state index is 0.0824. The van der Waals surface area contributed by atoms with Gasteiger partial charge in [0.2, 0.25) is 0 Å². The first-order chi connectivity index (χ1) is 9.59. The average Bonchev–Trinajstić information content (AvgIpc) is 2.38. The number of ether oxygens (including phenoxy) is 2. The fourth-order valence-electron chi connectivity index (χ4n) is 3.35. The van der Waals surface area contributed by atoms with E-state index in [2.05, 4.69) is 19.9 Å². The van der Waals surface area contributed by atoms with E-state index < -0.39 is 0 Å². The summed E-state index contributed by atoms with van der Waals surface area (Å²) in [6.07, 6.45) is 3.51. The van der Waals surface area contributed by atoms with E-state index in [-0.39, 0.29) is 5.41 Å².